The summed E-state index contributed by atoms with van der Waals surface area (Å²) in [6, 6.07) is 16.9. The minimum atomic E-state index is -0.958. The van der Waals surface area contributed by atoms with Crippen LogP contribution in [0.25, 0.3) is 0 Å². The summed E-state index contributed by atoms with van der Waals surface area (Å²) in [7, 11) is 0. The van der Waals surface area contributed by atoms with Gasteiger partial charge in [0.2, 0.25) is 23.6 Å². The lowest BCUT2D eigenvalue weighted by atomic mass is 10.0. The van der Waals surface area contributed by atoms with Crippen molar-refractivity contribution in [1.29, 1.82) is 0 Å². The predicted octanol–water partition coefficient (Wildman–Crippen LogP) is 0.725. The molecular formula is C23H26N4O4. The van der Waals surface area contributed by atoms with E-state index in [9.17, 15) is 19.2 Å². The molecule has 0 unspecified atom stereocenters. The molecule has 1 aliphatic rings. The smallest absolute Gasteiger partial charge is 0.246 e. The van der Waals surface area contributed by atoms with Gasteiger partial charge in [-0.2, -0.15) is 0 Å². The van der Waals surface area contributed by atoms with Gasteiger partial charge in [0, 0.05) is 26.6 Å². The summed E-state index contributed by atoms with van der Waals surface area (Å²) in [5, 5.41) is 8.03. The number of rotatable bonds is 8. The number of carbonyl (C=O) groups excluding carboxylic acids is 4. The van der Waals surface area contributed by atoms with Crippen LogP contribution in [-0.4, -0.2) is 47.2 Å². The zero-order valence-electron chi connectivity index (χ0n) is 17.3. The largest absolute Gasteiger partial charge is 0.354 e. The Morgan fingerprint density at radius 2 is 1.55 bits per heavy atom. The molecule has 3 rings (SSSR count). The fourth-order valence-corrected chi connectivity index (χ4v) is 3.43. The fraction of sp³-hybridized carbons (Fsp3) is 0.304. The third-order valence-electron chi connectivity index (χ3n) is 5.04. The molecule has 3 N–H and O–H groups in total. The van der Waals surface area contributed by atoms with E-state index in [0.717, 1.165) is 11.1 Å². The first-order valence-corrected chi connectivity index (χ1v) is 10.1. The quantitative estimate of drug-likeness (QED) is 0.583. The molecule has 2 atom stereocenters. The highest BCUT2D eigenvalue weighted by Crippen LogP contribution is 2.16. The molecule has 0 aromatic heterocycles. The van der Waals surface area contributed by atoms with Gasteiger partial charge in [-0.15, -0.1) is 0 Å². The van der Waals surface area contributed by atoms with Crippen molar-refractivity contribution < 1.29 is 19.2 Å². The lowest BCUT2D eigenvalue weighted by molar-refractivity contribution is -0.151. The van der Waals surface area contributed by atoms with Gasteiger partial charge in [-0.3, -0.25) is 19.2 Å². The molecule has 0 aliphatic carbocycles. The normalized spacial score (nSPS) is 18.3. The highest BCUT2D eigenvalue weighted by molar-refractivity contribution is 5.99. The summed E-state index contributed by atoms with van der Waals surface area (Å²) in [5.41, 5.74) is 1.79. The van der Waals surface area contributed by atoms with E-state index in [1.54, 1.807) is 0 Å². The molecule has 2 aromatic carbocycles. The number of nitrogens with one attached hydrogen (secondary N) is 3. The van der Waals surface area contributed by atoms with Crippen LogP contribution >= 0.6 is 0 Å². The van der Waals surface area contributed by atoms with Gasteiger partial charge in [-0.1, -0.05) is 60.7 Å². The summed E-state index contributed by atoms with van der Waals surface area (Å²) in [5.74, 6) is -1.37. The van der Waals surface area contributed by atoms with E-state index < -0.39 is 18.0 Å². The van der Waals surface area contributed by atoms with E-state index in [1.165, 1.54) is 11.8 Å². The Labute approximate surface area is 181 Å². The second-order valence-electron chi connectivity index (χ2n) is 7.43. The summed E-state index contributed by atoms with van der Waals surface area (Å²) < 4.78 is 0. The fourth-order valence-electron chi connectivity index (χ4n) is 3.43. The molecule has 1 aliphatic heterocycles. The van der Waals surface area contributed by atoms with Crippen molar-refractivity contribution in [3.05, 3.63) is 71.8 Å². The van der Waals surface area contributed by atoms with Crippen LogP contribution in [0.2, 0.25) is 0 Å². The number of hydrogen-bond donors (Lipinski definition) is 3. The Morgan fingerprint density at radius 1 is 0.935 bits per heavy atom. The molecule has 0 spiro atoms. The number of amides is 4. The standard InChI is InChI=1S/C23H26N4O4/c1-16(28)24-14-20-22(30)26-19(12-21(29)25-13-17-8-4-2-5-9-17)23(31)27(20)15-18-10-6-3-7-11-18/h2-11,19-20H,12-15H2,1H3,(H,24,28)(H,25,29)(H,26,30)/t19-,20-/m0/s1. The van der Waals surface area contributed by atoms with Crippen LogP contribution in [0.1, 0.15) is 24.5 Å². The minimum Gasteiger partial charge on any atom is -0.354 e. The second-order valence-corrected chi connectivity index (χ2v) is 7.43. The summed E-state index contributed by atoms with van der Waals surface area (Å²) in [6.45, 7) is 1.91. The highest BCUT2D eigenvalue weighted by atomic mass is 16.2. The van der Waals surface area contributed by atoms with Crippen molar-refractivity contribution in [2.75, 3.05) is 6.54 Å². The number of piperazine rings is 1. The third-order valence-corrected chi connectivity index (χ3v) is 5.04. The van der Waals surface area contributed by atoms with Gasteiger partial charge in [0.1, 0.15) is 12.1 Å². The topological polar surface area (TPSA) is 108 Å². The van der Waals surface area contributed by atoms with Crippen LogP contribution in [0.3, 0.4) is 0 Å². The van der Waals surface area contributed by atoms with Crippen LogP contribution in [-0.2, 0) is 32.3 Å². The van der Waals surface area contributed by atoms with Crippen LogP contribution in [0.4, 0.5) is 0 Å². The van der Waals surface area contributed by atoms with E-state index in [2.05, 4.69) is 16.0 Å². The lowest BCUT2D eigenvalue weighted by Gasteiger charge is -2.39. The molecule has 1 fully saturated rings. The first-order chi connectivity index (χ1) is 14.9. The molecule has 162 valence electrons. The first-order valence-electron chi connectivity index (χ1n) is 10.1. The minimum absolute atomic E-state index is 0.00661. The van der Waals surface area contributed by atoms with Crippen molar-refractivity contribution in [3.63, 3.8) is 0 Å². The third kappa shape index (κ3) is 6.15. The van der Waals surface area contributed by atoms with Gasteiger partial charge in [0.25, 0.3) is 0 Å². The van der Waals surface area contributed by atoms with Gasteiger partial charge in [-0.25, -0.2) is 0 Å². The van der Waals surface area contributed by atoms with Gasteiger partial charge in [0.05, 0.1) is 6.42 Å². The predicted molar refractivity (Wildman–Crippen MR) is 114 cm³/mol. The molecule has 8 heteroatoms. The van der Waals surface area contributed by atoms with Gasteiger partial charge in [0.15, 0.2) is 0 Å². The van der Waals surface area contributed by atoms with Crippen LogP contribution < -0.4 is 16.0 Å². The average molecular weight is 422 g/mol. The van der Waals surface area contributed by atoms with Crippen LogP contribution in [0.5, 0.6) is 0 Å². The van der Waals surface area contributed by atoms with E-state index >= 15 is 0 Å². The molecular weight excluding hydrogens is 396 g/mol. The van der Waals surface area contributed by atoms with E-state index in [0.29, 0.717) is 6.54 Å². The average Bonchev–Trinajstić information content (AvgIpc) is 2.76. The van der Waals surface area contributed by atoms with Gasteiger partial charge < -0.3 is 20.9 Å². The molecule has 1 heterocycles. The Hall–Kier alpha value is -3.68. The Balaban J connectivity index is 1.69. The molecule has 0 saturated carbocycles. The summed E-state index contributed by atoms with van der Waals surface area (Å²) in [6.07, 6.45) is -0.157. The van der Waals surface area contributed by atoms with Crippen molar-refractivity contribution >= 4 is 23.6 Å². The molecule has 31 heavy (non-hydrogen) atoms. The number of carbonyl (C=O) groups is 4. The van der Waals surface area contributed by atoms with Gasteiger partial charge >= 0.3 is 0 Å². The summed E-state index contributed by atoms with van der Waals surface area (Å²) >= 11 is 0. The van der Waals surface area contributed by atoms with E-state index in [-0.39, 0.29) is 37.2 Å². The molecule has 1 saturated heterocycles. The van der Waals surface area contributed by atoms with E-state index in [4.69, 9.17) is 0 Å². The van der Waals surface area contributed by atoms with Crippen molar-refractivity contribution in [3.8, 4) is 0 Å². The van der Waals surface area contributed by atoms with Gasteiger partial charge in [-0.05, 0) is 11.1 Å². The maximum atomic E-state index is 13.2. The number of benzene rings is 2. The maximum Gasteiger partial charge on any atom is 0.246 e. The SMILES string of the molecule is CC(=O)NC[C@H]1C(=O)N[C@@H](CC(=O)NCc2ccccc2)C(=O)N1Cc1ccccc1. The van der Waals surface area contributed by atoms with E-state index in [1.807, 2.05) is 60.7 Å². The first kappa shape index (κ1) is 22.0. The highest BCUT2D eigenvalue weighted by Gasteiger charge is 2.41. The monoisotopic (exact) mass is 422 g/mol. The van der Waals surface area contributed by atoms with Crippen LogP contribution in [0.15, 0.2) is 60.7 Å². The molecule has 0 bridgehead atoms. The van der Waals surface area contributed by atoms with Crippen LogP contribution in [0, 0.1) is 0 Å². The van der Waals surface area contributed by atoms with Crippen molar-refractivity contribution in [2.24, 2.45) is 0 Å². The lowest BCUT2D eigenvalue weighted by Crippen LogP contribution is -2.65. The Bertz CT molecular complexity index is 933. The number of nitrogens with zero attached hydrogens (tertiary/aromatic N) is 1. The summed E-state index contributed by atoms with van der Waals surface area (Å²) in [4.78, 5) is 51.1. The zero-order valence-corrected chi connectivity index (χ0v) is 17.3. The van der Waals surface area contributed by atoms with Crippen molar-refractivity contribution in [2.45, 2.75) is 38.5 Å². The van der Waals surface area contributed by atoms with Crippen molar-refractivity contribution in [1.82, 2.24) is 20.9 Å². The molecule has 8 nitrogen and oxygen atoms in total. The number of hydrogen-bond acceptors (Lipinski definition) is 4. The zero-order chi connectivity index (χ0) is 22.2. The Morgan fingerprint density at radius 3 is 2.16 bits per heavy atom. The maximum absolute atomic E-state index is 13.2. The molecule has 2 aromatic rings. The Kier molecular flexibility index (Phi) is 7.37. The second kappa shape index (κ2) is 10.4. The molecule has 4 amide bonds. The molecule has 0 radical (unpaired) electrons.